The summed E-state index contributed by atoms with van der Waals surface area (Å²) in [6, 6.07) is 12.4. The summed E-state index contributed by atoms with van der Waals surface area (Å²) in [5.74, 6) is 0.722. The fourth-order valence-electron chi connectivity index (χ4n) is 2.46. The van der Waals surface area contributed by atoms with Gasteiger partial charge >= 0.3 is 0 Å². The second kappa shape index (κ2) is 7.97. The first kappa shape index (κ1) is 17.9. The molecule has 1 aromatic heterocycles. The molecule has 2 aromatic carbocycles. The van der Waals surface area contributed by atoms with Crippen molar-refractivity contribution in [3.05, 3.63) is 53.8 Å². The number of nitrogens with one attached hydrogen (secondary N) is 1. The Kier molecular flexibility index (Phi) is 5.71. The van der Waals surface area contributed by atoms with Crippen LogP contribution < -0.4 is 5.32 Å². The highest BCUT2D eigenvalue weighted by Gasteiger charge is 2.12. The average Bonchev–Trinajstić information content (AvgIpc) is 2.98. The molecule has 0 radical (unpaired) electrons. The SMILES string of the molecule is CC(C)c1cccc2sc(NC(=O)CCSc3ccc(F)cc3)nc12. The lowest BCUT2D eigenvalue weighted by atomic mass is 10.0. The Morgan fingerprint density at radius 3 is 2.72 bits per heavy atom. The van der Waals surface area contributed by atoms with Gasteiger partial charge in [-0.2, -0.15) is 0 Å². The van der Waals surface area contributed by atoms with Crippen molar-refractivity contribution in [2.24, 2.45) is 0 Å². The normalized spacial score (nSPS) is 11.2. The predicted molar refractivity (Wildman–Crippen MR) is 104 cm³/mol. The standard InChI is InChI=1S/C19H19FN2OS2/c1-12(2)15-4-3-5-16-18(15)22-19(25-16)21-17(23)10-11-24-14-8-6-13(20)7-9-14/h3-9,12H,10-11H2,1-2H3,(H,21,22,23). The van der Waals surface area contributed by atoms with E-state index in [4.69, 9.17) is 0 Å². The Labute approximate surface area is 154 Å². The van der Waals surface area contributed by atoms with E-state index >= 15 is 0 Å². The Morgan fingerprint density at radius 1 is 1.24 bits per heavy atom. The van der Waals surface area contributed by atoms with E-state index < -0.39 is 0 Å². The first-order valence-corrected chi connectivity index (χ1v) is 9.91. The number of amides is 1. The fourth-order valence-corrected chi connectivity index (χ4v) is 4.23. The molecular weight excluding hydrogens is 355 g/mol. The van der Waals surface area contributed by atoms with Crippen LogP contribution in [-0.4, -0.2) is 16.6 Å². The molecule has 6 heteroatoms. The molecule has 0 saturated heterocycles. The Hall–Kier alpha value is -1.92. The van der Waals surface area contributed by atoms with Gasteiger partial charge in [0.2, 0.25) is 5.91 Å². The quantitative estimate of drug-likeness (QED) is 0.564. The first-order chi connectivity index (χ1) is 12.0. The zero-order valence-electron chi connectivity index (χ0n) is 14.1. The molecule has 1 amide bonds. The van der Waals surface area contributed by atoms with Crippen molar-refractivity contribution < 1.29 is 9.18 Å². The lowest BCUT2D eigenvalue weighted by Crippen LogP contribution is -2.11. The van der Waals surface area contributed by atoms with Crippen LogP contribution >= 0.6 is 23.1 Å². The molecule has 3 aromatic rings. The van der Waals surface area contributed by atoms with Crippen LogP contribution in [0.4, 0.5) is 9.52 Å². The number of rotatable bonds is 6. The molecule has 130 valence electrons. The lowest BCUT2D eigenvalue weighted by molar-refractivity contribution is -0.115. The number of nitrogens with zero attached hydrogens (tertiary/aromatic N) is 1. The smallest absolute Gasteiger partial charge is 0.226 e. The third kappa shape index (κ3) is 4.58. The molecule has 0 spiro atoms. The Bertz CT molecular complexity index is 875. The van der Waals surface area contributed by atoms with Crippen LogP contribution in [0.25, 0.3) is 10.2 Å². The van der Waals surface area contributed by atoms with Crippen LogP contribution in [0.15, 0.2) is 47.4 Å². The number of para-hydroxylation sites is 1. The molecule has 1 N–H and O–H groups in total. The van der Waals surface area contributed by atoms with E-state index in [9.17, 15) is 9.18 Å². The second-order valence-corrected chi connectivity index (χ2v) is 8.17. The third-order valence-corrected chi connectivity index (χ3v) is 5.68. The molecule has 3 rings (SSSR count). The number of carbonyl (C=O) groups is 1. The van der Waals surface area contributed by atoms with Gasteiger partial charge in [-0.1, -0.05) is 37.3 Å². The molecule has 0 atom stereocenters. The van der Waals surface area contributed by atoms with Gasteiger partial charge in [0.15, 0.2) is 5.13 Å². The molecule has 0 aliphatic carbocycles. The van der Waals surface area contributed by atoms with Crippen LogP contribution in [0, 0.1) is 5.82 Å². The molecule has 0 saturated carbocycles. The summed E-state index contributed by atoms with van der Waals surface area (Å²) in [5, 5.41) is 3.53. The number of hydrogen-bond donors (Lipinski definition) is 1. The Balaban J connectivity index is 1.58. The number of benzene rings is 2. The van der Waals surface area contributed by atoms with E-state index in [1.54, 1.807) is 12.1 Å². The number of carbonyl (C=O) groups excluding carboxylic acids is 1. The summed E-state index contributed by atoms with van der Waals surface area (Å²) in [6.45, 7) is 4.28. The average molecular weight is 375 g/mol. The van der Waals surface area contributed by atoms with E-state index in [0.29, 0.717) is 23.2 Å². The van der Waals surface area contributed by atoms with Gasteiger partial charge in [0.05, 0.1) is 10.2 Å². The van der Waals surface area contributed by atoms with Gasteiger partial charge in [0.1, 0.15) is 5.82 Å². The minimum absolute atomic E-state index is 0.0558. The Morgan fingerprint density at radius 2 is 2.00 bits per heavy atom. The highest BCUT2D eigenvalue weighted by Crippen LogP contribution is 2.31. The maximum atomic E-state index is 12.9. The van der Waals surface area contributed by atoms with Crippen molar-refractivity contribution in [3.8, 4) is 0 Å². The van der Waals surface area contributed by atoms with Crippen LogP contribution in [0.3, 0.4) is 0 Å². The highest BCUT2D eigenvalue weighted by molar-refractivity contribution is 7.99. The summed E-state index contributed by atoms with van der Waals surface area (Å²) in [4.78, 5) is 17.7. The summed E-state index contributed by atoms with van der Waals surface area (Å²) in [7, 11) is 0. The van der Waals surface area contributed by atoms with Gasteiger partial charge in [-0.15, -0.1) is 11.8 Å². The van der Waals surface area contributed by atoms with Gasteiger partial charge < -0.3 is 5.32 Å². The summed E-state index contributed by atoms with van der Waals surface area (Å²) in [5.41, 5.74) is 2.17. The van der Waals surface area contributed by atoms with Crippen LogP contribution in [0.1, 0.15) is 31.7 Å². The maximum Gasteiger partial charge on any atom is 0.226 e. The molecular formula is C19H19FN2OS2. The minimum Gasteiger partial charge on any atom is -0.302 e. The van der Waals surface area contributed by atoms with Gasteiger partial charge in [-0.3, -0.25) is 4.79 Å². The van der Waals surface area contributed by atoms with E-state index in [0.717, 1.165) is 15.1 Å². The number of aromatic nitrogens is 1. The summed E-state index contributed by atoms with van der Waals surface area (Å²) in [6.07, 6.45) is 0.384. The minimum atomic E-state index is -0.251. The molecule has 3 nitrogen and oxygen atoms in total. The number of anilines is 1. The molecule has 0 aliphatic heterocycles. The number of halogens is 1. The molecule has 25 heavy (non-hydrogen) atoms. The summed E-state index contributed by atoms with van der Waals surface area (Å²) >= 11 is 3.03. The maximum absolute atomic E-state index is 12.9. The number of hydrogen-bond acceptors (Lipinski definition) is 4. The van der Waals surface area contributed by atoms with E-state index in [1.807, 2.05) is 12.1 Å². The molecule has 0 unspecified atom stereocenters. The topological polar surface area (TPSA) is 42.0 Å². The lowest BCUT2D eigenvalue weighted by Gasteiger charge is -2.04. The number of thiazole rings is 1. The zero-order valence-corrected chi connectivity index (χ0v) is 15.7. The van der Waals surface area contributed by atoms with Gasteiger partial charge in [0, 0.05) is 17.1 Å². The molecule has 0 bridgehead atoms. The van der Waals surface area contributed by atoms with Crippen LogP contribution in [0.2, 0.25) is 0 Å². The number of fused-ring (bicyclic) bond motifs is 1. The van der Waals surface area contributed by atoms with Crippen molar-refractivity contribution in [2.75, 3.05) is 11.1 Å². The van der Waals surface area contributed by atoms with Crippen molar-refractivity contribution in [2.45, 2.75) is 31.1 Å². The molecule has 1 heterocycles. The zero-order chi connectivity index (χ0) is 17.8. The van der Waals surface area contributed by atoms with Crippen molar-refractivity contribution >= 4 is 44.4 Å². The van der Waals surface area contributed by atoms with Gasteiger partial charge in [-0.05, 0) is 41.8 Å². The van der Waals surface area contributed by atoms with Crippen molar-refractivity contribution in [1.29, 1.82) is 0 Å². The summed E-state index contributed by atoms with van der Waals surface area (Å²) < 4.78 is 14.0. The van der Waals surface area contributed by atoms with Crippen LogP contribution in [-0.2, 0) is 4.79 Å². The largest absolute Gasteiger partial charge is 0.302 e. The predicted octanol–water partition coefficient (Wildman–Crippen LogP) is 5.68. The second-order valence-electron chi connectivity index (χ2n) is 5.97. The fraction of sp³-hybridized carbons (Fsp3) is 0.263. The molecule has 0 fully saturated rings. The number of thioether (sulfide) groups is 1. The van der Waals surface area contributed by atoms with Gasteiger partial charge in [0.25, 0.3) is 0 Å². The highest BCUT2D eigenvalue weighted by atomic mass is 32.2. The third-order valence-electron chi connectivity index (χ3n) is 3.73. The van der Waals surface area contributed by atoms with E-state index in [-0.39, 0.29) is 11.7 Å². The van der Waals surface area contributed by atoms with E-state index in [2.05, 4.69) is 30.2 Å². The van der Waals surface area contributed by atoms with Crippen molar-refractivity contribution in [1.82, 2.24) is 4.98 Å². The van der Waals surface area contributed by atoms with Crippen molar-refractivity contribution in [3.63, 3.8) is 0 Å². The molecule has 0 aliphatic rings. The van der Waals surface area contributed by atoms with Crippen LogP contribution in [0.5, 0.6) is 0 Å². The van der Waals surface area contributed by atoms with E-state index in [1.165, 1.54) is 40.8 Å². The first-order valence-electron chi connectivity index (χ1n) is 8.10. The monoisotopic (exact) mass is 374 g/mol. The van der Waals surface area contributed by atoms with Gasteiger partial charge in [-0.25, -0.2) is 9.37 Å².